The summed E-state index contributed by atoms with van der Waals surface area (Å²) in [6.45, 7) is 0. The second kappa shape index (κ2) is 4.59. The van der Waals surface area contributed by atoms with Gasteiger partial charge in [0.25, 0.3) is 0 Å². The summed E-state index contributed by atoms with van der Waals surface area (Å²) in [4.78, 5) is 0. The Hall–Kier alpha value is -1.82. The third kappa shape index (κ3) is 1.76. The van der Waals surface area contributed by atoms with Crippen molar-refractivity contribution in [2.45, 2.75) is 38.5 Å². The van der Waals surface area contributed by atoms with Crippen LogP contribution in [0.25, 0.3) is 11.1 Å². The van der Waals surface area contributed by atoms with Gasteiger partial charge in [-0.1, -0.05) is 60.2 Å². The van der Waals surface area contributed by atoms with Crippen LogP contribution >= 0.6 is 0 Å². The molecule has 0 aliphatic heterocycles. The smallest absolute Gasteiger partial charge is 0.0149 e. The first-order valence-corrected chi connectivity index (χ1v) is 8.68. The fourth-order valence-electron chi connectivity index (χ4n) is 5.29. The molecule has 3 aliphatic rings. The Morgan fingerprint density at radius 3 is 2.59 bits per heavy atom. The van der Waals surface area contributed by atoms with Crippen LogP contribution in [0.2, 0.25) is 0 Å². The van der Waals surface area contributed by atoms with E-state index in [9.17, 15) is 0 Å². The fourth-order valence-corrected chi connectivity index (χ4v) is 5.29. The van der Waals surface area contributed by atoms with Gasteiger partial charge >= 0.3 is 0 Å². The summed E-state index contributed by atoms with van der Waals surface area (Å²) in [5, 5.41) is 0. The van der Waals surface area contributed by atoms with Crippen molar-refractivity contribution in [1.82, 2.24) is 0 Å². The zero-order valence-corrected chi connectivity index (χ0v) is 13.0. The van der Waals surface area contributed by atoms with Gasteiger partial charge in [0.15, 0.2) is 0 Å². The molecule has 0 heteroatoms. The predicted molar refractivity (Wildman–Crippen MR) is 91.8 cm³/mol. The maximum absolute atomic E-state index is 2.52. The predicted octanol–water partition coefficient (Wildman–Crippen LogP) is 5.57. The summed E-state index contributed by atoms with van der Waals surface area (Å²) < 4.78 is 0. The van der Waals surface area contributed by atoms with Crippen LogP contribution < -0.4 is 0 Å². The highest BCUT2D eigenvalue weighted by molar-refractivity contribution is 5.69. The normalized spacial score (nSPS) is 28.7. The Morgan fingerprint density at radius 2 is 1.82 bits per heavy atom. The van der Waals surface area contributed by atoms with Gasteiger partial charge in [0.05, 0.1) is 0 Å². The molecule has 0 nitrogen and oxygen atoms in total. The van der Waals surface area contributed by atoms with E-state index in [1.165, 1.54) is 49.7 Å². The number of hydrogen-bond donors (Lipinski definition) is 0. The van der Waals surface area contributed by atoms with E-state index in [1.807, 2.05) is 0 Å². The maximum atomic E-state index is 2.52. The van der Waals surface area contributed by atoms with Crippen LogP contribution in [0.4, 0.5) is 0 Å². The van der Waals surface area contributed by atoms with Crippen LogP contribution in [0.1, 0.15) is 36.8 Å². The molecule has 0 radical (unpaired) electrons. The Bertz CT molecular complexity index is 753. The Labute approximate surface area is 132 Å². The molecule has 1 fully saturated rings. The van der Waals surface area contributed by atoms with Crippen LogP contribution in [0.5, 0.6) is 0 Å². The lowest BCUT2D eigenvalue weighted by Gasteiger charge is -2.41. The number of allylic oxidation sites excluding steroid dienone is 2. The Kier molecular flexibility index (Phi) is 2.65. The Balaban J connectivity index is 1.61. The van der Waals surface area contributed by atoms with Gasteiger partial charge < -0.3 is 0 Å². The summed E-state index contributed by atoms with van der Waals surface area (Å²) in [7, 11) is 0. The summed E-state index contributed by atoms with van der Waals surface area (Å²) in [5.41, 5.74) is 8.46. The molecule has 0 saturated heterocycles. The van der Waals surface area contributed by atoms with E-state index in [1.54, 1.807) is 16.7 Å². The third-order valence-corrected chi connectivity index (χ3v) is 6.42. The molecule has 0 N–H and O–H groups in total. The van der Waals surface area contributed by atoms with Crippen molar-refractivity contribution in [3.63, 3.8) is 0 Å². The van der Waals surface area contributed by atoms with Gasteiger partial charge in [-0.05, 0) is 72.1 Å². The van der Waals surface area contributed by atoms with Gasteiger partial charge in [0, 0.05) is 0 Å². The maximum Gasteiger partial charge on any atom is -0.0149 e. The molecule has 1 spiro atoms. The lowest BCUT2D eigenvalue weighted by atomic mass is 9.63. The number of hydrogen-bond acceptors (Lipinski definition) is 0. The van der Waals surface area contributed by atoms with Crippen molar-refractivity contribution in [2.75, 3.05) is 0 Å². The molecular formula is C22H22. The van der Waals surface area contributed by atoms with Crippen LogP contribution in [0, 0.1) is 11.3 Å². The van der Waals surface area contributed by atoms with Crippen molar-refractivity contribution in [2.24, 2.45) is 11.3 Å². The van der Waals surface area contributed by atoms with Gasteiger partial charge in [-0.25, -0.2) is 0 Å². The van der Waals surface area contributed by atoms with Gasteiger partial charge in [-0.3, -0.25) is 0 Å². The average Bonchev–Trinajstić information content (AvgIpc) is 3.16. The highest BCUT2D eigenvalue weighted by atomic mass is 14.5. The molecule has 5 rings (SSSR count). The zero-order chi connectivity index (χ0) is 14.6. The molecule has 3 aliphatic carbocycles. The van der Waals surface area contributed by atoms with Crippen molar-refractivity contribution >= 4 is 0 Å². The van der Waals surface area contributed by atoms with E-state index in [4.69, 9.17) is 0 Å². The van der Waals surface area contributed by atoms with Crippen molar-refractivity contribution in [3.8, 4) is 11.1 Å². The minimum absolute atomic E-state index is 0.585. The molecule has 2 aromatic carbocycles. The van der Waals surface area contributed by atoms with Gasteiger partial charge in [-0.2, -0.15) is 0 Å². The molecule has 110 valence electrons. The van der Waals surface area contributed by atoms with Crippen LogP contribution in [-0.2, 0) is 12.8 Å². The van der Waals surface area contributed by atoms with Crippen LogP contribution in [0.15, 0.2) is 60.2 Å². The topological polar surface area (TPSA) is 0 Å². The lowest BCUT2D eigenvalue weighted by Crippen LogP contribution is -2.33. The van der Waals surface area contributed by atoms with E-state index < -0.39 is 0 Å². The first-order chi connectivity index (χ1) is 10.8. The lowest BCUT2D eigenvalue weighted by molar-refractivity contribution is 0.169. The number of fused-ring (bicyclic) bond motifs is 4. The van der Waals surface area contributed by atoms with Crippen LogP contribution in [0.3, 0.4) is 0 Å². The molecule has 1 saturated carbocycles. The van der Waals surface area contributed by atoms with Gasteiger partial charge in [-0.15, -0.1) is 0 Å². The van der Waals surface area contributed by atoms with Crippen molar-refractivity contribution < 1.29 is 0 Å². The largest absolute Gasteiger partial charge is 0.0850 e. The monoisotopic (exact) mass is 286 g/mol. The molecule has 0 amide bonds. The zero-order valence-electron chi connectivity index (χ0n) is 13.0. The SMILES string of the molecule is C1=C2CC(C1)C1(CCc3cccc(-c4ccccc4)c3C1)C2. The third-order valence-electron chi connectivity index (χ3n) is 6.42. The highest BCUT2D eigenvalue weighted by Gasteiger charge is 2.48. The number of rotatable bonds is 1. The molecule has 2 atom stereocenters. The quantitative estimate of drug-likeness (QED) is 0.601. The van der Waals surface area contributed by atoms with E-state index in [2.05, 4.69) is 54.6 Å². The summed E-state index contributed by atoms with van der Waals surface area (Å²) in [5.74, 6) is 0.930. The molecule has 22 heavy (non-hydrogen) atoms. The molecule has 0 aromatic heterocycles. The summed E-state index contributed by atoms with van der Waals surface area (Å²) in [6, 6.07) is 17.9. The minimum atomic E-state index is 0.585. The summed E-state index contributed by atoms with van der Waals surface area (Å²) >= 11 is 0. The summed E-state index contributed by atoms with van der Waals surface area (Å²) in [6.07, 6.45) is 10.6. The first-order valence-electron chi connectivity index (χ1n) is 8.68. The second-order valence-electron chi connectivity index (χ2n) is 7.52. The minimum Gasteiger partial charge on any atom is -0.0850 e. The van der Waals surface area contributed by atoms with E-state index >= 15 is 0 Å². The number of aryl methyl sites for hydroxylation is 1. The van der Waals surface area contributed by atoms with Crippen molar-refractivity contribution in [1.29, 1.82) is 0 Å². The Morgan fingerprint density at radius 1 is 0.909 bits per heavy atom. The average molecular weight is 286 g/mol. The van der Waals surface area contributed by atoms with Crippen molar-refractivity contribution in [3.05, 3.63) is 71.3 Å². The van der Waals surface area contributed by atoms with E-state index in [0.717, 1.165) is 5.92 Å². The fraction of sp³-hybridized carbons (Fsp3) is 0.364. The molecule has 2 unspecified atom stereocenters. The van der Waals surface area contributed by atoms with Gasteiger partial charge in [0.1, 0.15) is 0 Å². The van der Waals surface area contributed by atoms with E-state index in [-0.39, 0.29) is 0 Å². The second-order valence-corrected chi connectivity index (χ2v) is 7.52. The van der Waals surface area contributed by atoms with Gasteiger partial charge in [0.2, 0.25) is 0 Å². The first kappa shape index (κ1) is 12.7. The number of benzene rings is 2. The molecule has 2 aromatic rings. The van der Waals surface area contributed by atoms with E-state index in [0.29, 0.717) is 5.41 Å². The molecule has 2 bridgehead atoms. The van der Waals surface area contributed by atoms with Crippen LogP contribution in [-0.4, -0.2) is 0 Å². The highest BCUT2D eigenvalue weighted by Crippen LogP contribution is 2.58. The molecule has 0 heterocycles. The molecular weight excluding hydrogens is 264 g/mol. The standard InChI is InChI=1S/C22H22/c1-2-5-17(6-3-1)20-8-4-7-18-11-12-22(15-21(18)20)14-16-9-10-19(22)13-16/h1-9,19H,10-15H2.